The number of halogens is 1. The van der Waals surface area contributed by atoms with Crippen LogP contribution < -0.4 is 0 Å². The second-order valence-electron chi connectivity index (χ2n) is 1.27. The average Bonchev–Trinajstić information content (AvgIpc) is 2.08. The molecule has 0 saturated carbocycles. The van der Waals surface area contributed by atoms with Crippen LogP contribution in [0, 0.1) is 6.20 Å². The summed E-state index contributed by atoms with van der Waals surface area (Å²) in [5, 5.41) is 0. The van der Waals surface area contributed by atoms with Crippen molar-refractivity contribution in [2.75, 3.05) is 7.11 Å². The zero-order valence-electron chi connectivity index (χ0n) is 6.23. The van der Waals surface area contributed by atoms with E-state index in [2.05, 4.69) is 19.9 Å². The molecule has 0 aliphatic carbocycles. The first kappa shape index (κ1) is 13.6. The van der Waals surface area contributed by atoms with Gasteiger partial charge in [-0.05, 0) is 0 Å². The maximum Gasteiger partial charge on any atom is -0.0813 e. The Balaban J connectivity index is 0. The molecule has 0 spiro atoms. The van der Waals surface area contributed by atoms with Gasteiger partial charge in [0.15, 0.2) is 0 Å². The number of pyridine rings is 1. The van der Waals surface area contributed by atoms with Gasteiger partial charge in [0.05, 0.1) is 0 Å². The van der Waals surface area contributed by atoms with Gasteiger partial charge in [0.1, 0.15) is 0 Å². The van der Waals surface area contributed by atoms with Crippen molar-refractivity contribution < 1.29 is 23.0 Å². The first-order chi connectivity index (χ1) is 4.91. The summed E-state index contributed by atoms with van der Waals surface area (Å²) in [6.45, 7) is 0. The van der Waals surface area contributed by atoms with Gasteiger partial charge in [-0.25, -0.2) is 0 Å². The Bertz CT molecular complexity index is 135. The molecule has 5 heteroatoms. The van der Waals surface area contributed by atoms with E-state index in [1.165, 1.54) is 0 Å². The molecule has 1 aromatic rings. The molecule has 0 aromatic carbocycles. The molecular weight excluding hydrogens is 261 g/mol. The first-order valence-corrected chi connectivity index (χ1v) is 4.00. The number of hydrogen-bond donors (Lipinski definition) is 0. The molecular formula is C6H8BrN2OZn-. The zero-order chi connectivity index (χ0) is 7.66. The Morgan fingerprint density at radius 3 is 2.27 bits per heavy atom. The Kier molecular flexibility index (Phi) is 15.7. The Hall–Kier alpha value is 0.0134. The maximum atomic E-state index is 4.22. The van der Waals surface area contributed by atoms with Crippen LogP contribution in [0.25, 0.3) is 0 Å². The van der Waals surface area contributed by atoms with Crippen molar-refractivity contribution in [3.8, 4) is 0 Å². The maximum absolute atomic E-state index is 4.22. The number of rotatable bonds is 1. The Labute approximate surface area is 86.4 Å². The van der Waals surface area contributed by atoms with Crippen LogP contribution in [0.15, 0.2) is 28.2 Å². The molecule has 0 aliphatic rings. The predicted octanol–water partition coefficient (Wildman–Crippen LogP) is 1.74. The molecule has 0 aliphatic heterocycles. The van der Waals surface area contributed by atoms with E-state index >= 15 is 0 Å². The van der Waals surface area contributed by atoms with Gasteiger partial charge < -0.3 is 4.98 Å². The van der Waals surface area contributed by atoms with Crippen molar-refractivity contribution in [3.63, 3.8) is 0 Å². The minimum Gasteiger partial charge on any atom is -0.394 e. The summed E-state index contributed by atoms with van der Waals surface area (Å²) in [6.07, 6.45) is 4.34. The summed E-state index contributed by atoms with van der Waals surface area (Å²) in [4.78, 5) is 7.88. The predicted molar refractivity (Wildman–Crippen MR) is 42.8 cm³/mol. The third-order valence-electron chi connectivity index (χ3n) is 0.646. The van der Waals surface area contributed by atoms with Crippen molar-refractivity contribution in [3.05, 3.63) is 30.6 Å². The van der Waals surface area contributed by atoms with E-state index in [-0.39, 0.29) is 17.0 Å². The van der Waals surface area contributed by atoms with Crippen LogP contribution in [0.2, 0.25) is 0 Å². The van der Waals surface area contributed by atoms with E-state index in [0.29, 0.717) is 0 Å². The second kappa shape index (κ2) is 12.7. The van der Waals surface area contributed by atoms with E-state index in [1.54, 1.807) is 19.4 Å². The van der Waals surface area contributed by atoms with Gasteiger partial charge in [0, 0.05) is 0 Å². The molecule has 0 unspecified atom stereocenters. The van der Waals surface area contributed by atoms with Crippen molar-refractivity contribution in [2.24, 2.45) is 3.85 Å². The minimum absolute atomic E-state index is 0. The monoisotopic (exact) mass is 267 g/mol. The summed E-state index contributed by atoms with van der Waals surface area (Å²) in [7, 11) is 1.55. The van der Waals surface area contributed by atoms with Crippen LogP contribution in [0.4, 0.5) is 0 Å². The number of aromatic nitrogens is 1. The summed E-state index contributed by atoms with van der Waals surface area (Å²) in [5.41, 5.74) is 0. The fourth-order valence-corrected chi connectivity index (χ4v) is 0.277. The summed E-state index contributed by atoms with van der Waals surface area (Å²) in [6, 6.07) is 5.50. The van der Waals surface area contributed by atoms with Crippen molar-refractivity contribution in [1.82, 2.24) is 4.98 Å². The van der Waals surface area contributed by atoms with E-state index < -0.39 is 0 Å². The molecule has 58 valence electrons. The van der Waals surface area contributed by atoms with E-state index in [9.17, 15) is 0 Å². The fraction of sp³-hybridized carbons (Fsp3) is 0.167. The summed E-state index contributed by atoms with van der Waals surface area (Å²) < 4.78 is 3.36. The molecule has 0 saturated heterocycles. The number of hydrogen-bond acceptors (Lipinski definition) is 3. The summed E-state index contributed by atoms with van der Waals surface area (Å²) in [5.74, 6) is 0. The van der Waals surface area contributed by atoms with Gasteiger partial charge in [-0.1, -0.05) is 12.4 Å². The molecule has 1 aromatic heterocycles. The van der Waals surface area contributed by atoms with Crippen LogP contribution >= 0.6 is 17.0 Å². The van der Waals surface area contributed by atoms with Crippen LogP contribution in [0.1, 0.15) is 0 Å². The average molecular weight is 269 g/mol. The first-order valence-electron chi connectivity index (χ1n) is 2.68. The largest absolute Gasteiger partial charge is 0.394 e. The Morgan fingerprint density at radius 1 is 1.55 bits per heavy atom. The van der Waals surface area contributed by atoms with Gasteiger partial charge in [-0.2, -0.15) is 18.2 Å². The van der Waals surface area contributed by atoms with Crippen LogP contribution in [-0.2, 0) is 23.0 Å². The molecule has 0 N–H and O–H groups in total. The fourth-order valence-electron chi connectivity index (χ4n) is 0.277. The topological polar surface area (TPSA) is 34.5 Å². The third kappa shape index (κ3) is 13.1. The van der Waals surface area contributed by atoms with Gasteiger partial charge in [0.25, 0.3) is 0 Å². The standard InChI is InChI=1S/C5H4N.CH3NO.BrH.Zn/c1-2-4-6-5-3-1;1-3-2;;/h1-4H;1H3;1H;/q-1;;;. The molecule has 11 heavy (non-hydrogen) atoms. The van der Waals surface area contributed by atoms with Crippen LogP contribution in [-0.4, -0.2) is 12.1 Å². The van der Waals surface area contributed by atoms with Crippen molar-refractivity contribution in [2.45, 2.75) is 0 Å². The second-order valence-corrected chi connectivity index (χ2v) is 1.81. The van der Waals surface area contributed by atoms with Crippen molar-refractivity contribution in [1.29, 1.82) is 0 Å². The molecule has 0 radical (unpaired) electrons. The minimum atomic E-state index is 0. The van der Waals surface area contributed by atoms with Gasteiger partial charge in [-0.15, -0.1) is 17.0 Å². The molecule has 0 fully saturated rings. The zero-order valence-corrected chi connectivity index (χ0v) is 10.9. The van der Waals surface area contributed by atoms with E-state index in [4.69, 9.17) is 0 Å². The van der Waals surface area contributed by atoms with Crippen molar-refractivity contribution >= 4 is 17.0 Å². The normalized spacial score (nSPS) is 6.82. The van der Waals surface area contributed by atoms with Gasteiger partial charge in [-0.3, -0.25) is 0 Å². The molecule has 0 amide bonds. The summed E-state index contributed by atoms with van der Waals surface area (Å²) >= 11 is 0.872. The molecule has 3 nitrogen and oxygen atoms in total. The van der Waals surface area contributed by atoms with Crippen LogP contribution in [0.5, 0.6) is 0 Å². The molecule has 0 bridgehead atoms. The molecule has 0 atom stereocenters. The third-order valence-corrected chi connectivity index (χ3v) is 1.19. The van der Waals surface area contributed by atoms with Gasteiger partial charge in [0.2, 0.25) is 0 Å². The van der Waals surface area contributed by atoms with Gasteiger partial charge >= 0.3 is 33.9 Å². The quantitative estimate of drug-likeness (QED) is 0.442. The molecule has 1 rings (SSSR count). The van der Waals surface area contributed by atoms with E-state index in [0.717, 1.165) is 18.1 Å². The smallest absolute Gasteiger partial charge is 0.0813 e. The molecule has 1 heterocycles. The van der Waals surface area contributed by atoms with E-state index in [1.807, 2.05) is 12.1 Å². The SMILES string of the molecule is Br.CO[N]=[Zn].[c-]1ccccn1. The number of nitrogens with zero attached hydrogens (tertiary/aromatic N) is 2. The van der Waals surface area contributed by atoms with Crippen LogP contribution in [0.3, 0.4) is 0 Å². The Morgan fingerprint density at radius 2 is 2.18 bits per heavy atom.